The van der Waals surface area contributed by atoms with Crippen molar-refractivity contribution in [2.24, 2.45) is 0 Å². The maximum Gasteiger partial charge on any atom is 0.339 e. The minimum absolute atomic E-state index is 0.109. The average Bonchev–Trinajstić information content (AvgIpc) is 2.92. The number of benzene rings is 3. The summed E-state index contributed by atoms with van der Waals surface area (Å²) >= 11 is 0. The summed E-state index contributed by atoms with van der Waals surface area (Å²) in [6.45, 7) is 3.63. The molecule has 0 spiro atoms. The van der Waals surface area contributed by atoms with Gasteiger partial charge in [0.15, 0.2) is 6.10 Å². The van der Waals surface area contributed by atoms with Crippen molar-refractivity contribution < 1.29 is 24.2 Å². The third-order valence-electron chi connectivity index (χ3n) is 6.63. The molecule has 1 unspecified atom stereocenters. The number of aromatic carboxylic acids is 1. The number of anilines is 1. The van der Waals surface area contributed by atoms with Crippen molar-refractivity contribution in [1.82, 2.24) is 9.88 Å². The van der Waals surface area contributed by atoms with E-state index in [9.17, 15) is 14.4 Å². The lowest BCUT2D eigenvalue weighted by molar-refractivity contribution is -0.123. The molecule has 38 heavy (non-hydrogen) atoms. The number of carboxylic acid groups (broad SMARTS) is 1. The zero-order valence-corrected chi connectivity index (χ0v) is 20.9. The van der Waals surface area contributed by atoms with Crippen LogP contribution in [0.4, 0.5) is 5.69 Å². The summed E-state index contributed by atoms with van der Waals surface area (Å²) in [5.74, 6) is -2.15. The fourth-order valence-electron chi connectivity index (χ4n) is 4.67. The van der Waals surface area contributed by atoms with E-state index < -0.39 is 23.9 Å². The minimum atomic E-state index is -1.08. The van der Waals surface area contributed by atoms with Crippen molar-refractivity contribution in [2.75, 3.05) is 11.9 Å². The number of nitrogens with zero attached hydrogens (tertiary/aromatic N) is 2. The van der Waals surface area contributed by atoms with Gasteiger partial charge in [0.05, 0.1) is 16.6 Å². The van der Waals surface area contributed by atoms with Crippen LogP contribution in [0, 0.1) is 0 Å². The van der Waals surface area contributed by atoms with E-state index in [1.807, 2.05) is 42.5 Å². The Morgan fingerprint density at radius 3 is 2.45 bits per heavy atom. The monoisotopic (exact) mass is 509 g/mol. The van der Waals surface area contributed by atoms with Gasteiger partial charge in [0.25, 0.3) is 5.91 Å². The molecule has 5 rings (SSSR count). The third-order valence-corrected chi connectivity index (χ3v) is 6.63. The Bertz CT molecular complexity index is 1500. The second kappa shape index (κ2) is 10.8. The number of carbonyl (C=O) groups excluding carboxylic acids is 2. The molecular weight excluding hydrogens is 482 g/mol. The first-order chi connectivity index (χ1) is 18.4. The second-order valence-corrected chi connectivity index (χ2v) is 9.29. The molecule has 1 aromatic heterocycles. The highest BCUT2D eigenvalue weighted by molar-refractivity contribution is 6.06. The first kappa shape index (κ1) is 25.1. The molecule has 0 radical (unpaired) electrons. The number of carboxylic acids is 1. The number of esters is 1. The number of hydrogen-bond acceptors (Lipinski definition) is 6. The Labute approximate surface area is 219 Å². The van der Waals surface area contributed by atoms with Crippen LogP contribution in [0.5, 0.6) is 0 Å². The van der Waals surface area contributed by atoms with Gasteiger partial charge in [-0.15, -0.1) is 0 Å². The minimum Gasteiger partial charge on any atom is -0.478 e. The van der Waals surface area contributed by atoms with E-state index in [-0.39, 0.29) is 5.56 Å². The van der Waals surface area contributed by atoms with Gasteiger partial charge in [-0.2, -0.15) is 0 Å². The number of carbonyl (C=O) groups is 3. The molecular formula is C30H27N3O5. The molecule has 1 atom stereocenters. The fourth-order valence-corrected chi connectivity index (χ4v) is 4.67. The largest absolute Gasteiger partial charge is 0.478 e. The lowest BCUT2D eigenvalue weighted by atomic mass is 9.95. The van der Waals surface area contributed by atoms with Crippen LogP contribution in [0.25, 0.3) is 10.9 Å². The highest BCUT2D eigenvalue weighted by Gasteiger charge is 2.28. The van der Waals surface area contributed by atoms with Crippen molar-refractivity contribution in [2.45, 2.75) is 32.5 Å². The van der Waals surface area contributed by atoms with Crippen LogP contribution in [0.3, 0.4) is 0 Å². The molecule has 3 aromatic carbocycles. The highest BCUT2D eigenvalue weighted by Crippen LogP contribution is 2.30. The van der Waals surface area contributed by atoms with Gasteiger partial charge in [0, 0.05) is 48.4 Å². The number of para-hydroxylation sites is 1. The van der Waals surface area contributed by atoms with Gasteiger partial charge in [-0.05, 0) is 42.8 Å². The number of amides is 1. The van der Waals surface area contributed by atoms with Gasteiger partial charge in [-0.1, -0.05) is 48.5 Å². The van der Waals surface area contributed by atoms with E-state index in [0.29, 0.717) is 35.1 Å². The van der Waals surface area contributed by atoms with Gasteiger partial charge in [0.2, 0.25) is 0 Å². The van der Waals surface area contributed by atoms with Gasteiger partial charge in [-0.3, -0.25) is 14.7 Å². The number of rotatable bonds is 7. The van der Waals surface area contributed by atoms with Gasteiger partial charge in [-0.25, -0.2) is 9.59 Å². The summed E-state index contributed by atoms with van der Waals surface area (Å²) in [5.41, 5.74) is 4.56. The summed E-state index contributed by atoms with van der Waals surface area (Å²) in [7, 11) is 0. The predicted molar refractivity (Wildman–Crippen MR) is 143 cm³/mol. The van der Waals surface area contributed by atoms with E-state index >= 15 is 0 Å². The van der Waals surface area contributed by atoms with Crippen LogP contribution in [0.1, 0.15) is 44.5 Å². The summed E-state index contributed by atoms with van der Waals surface area (Å²) in [5, 5.41) is 12.4. The normalized spacial score (nSPS) is 13.9. The number of nitrogens with one attached hydrogen (secondary N) is 1. The van der Waals surface area contributed by atoms with Gasteiger partial charge >= 0.3 is 11.9 Å². The van der Waals surface area contributed by atoms with Crippen LogP contribution in [0.2, 0.25) is 0 Å². The van der Waals surface area contributed by atoms with Crippen LogP contribution < -0.4 is 5.32 Å². The molecule has 0 aliphatic carbocycles. The Kier molecular flexibility index (Phi) is 7.15. The Morgan fingerprint density at radius 1 is 1.00 bits per heavy atom. The smallest absolute Gasteiger partial charge is 0.339 e. The summed E-state index contributed by atoms with van der Waals surface area (Å²) < 4.78 is 5.67. The van der Waals surface area contributed by atoms with E-state index in [1.165, 1.54) is 36.8 Å². The maximum atomic E-state index is 13.6. The first-order valence-corrected chi connectivity index (χ1v) is 12.4. The van der Waals surface area contributed by atoms with E-state index in [1.54, 1.807) is 0 Å². The van der Waals surface area contributed by atoms with Crippen LogP contribution in [0.15, 0.2) is 78.9 Å². The predicted octanol–water partition coefficient (Wildman–Crippen LogP) is 4.68. The van der Waals surface area contributed by atoms with Crippen molar-refractivity contribution in [1.29, 1.82) is 0 Å². The van der Waals surface area contributed by atoms with Gasteiger partial charge in [0.1, 0.15) is 0 Å². The van der Waals surface area contributed by atoms with Crippen LogP contribution in [-0.2, 0) is 29.0 Å². The lowest BCUT2D eigenvalue weighted by Crippen LogP contribution is -2.34. The fraction of sp³-hybridized carbons (Fsp3) is 0.200. The van der Waals surface area contributed by atoms with Crippen molar-refractivity contribution in [3.05, 3.63) is 107 Å². The van der Waals surface area contributed by atoms with Crippen molar-refractivity contribution >= 4 is 34.4 Å². The number of aromatic nitrogens is 1. The average molecular weight is 510 g/mol. The molecule has 0 bridgehead atoms. The molecule has 1 amide bonds. The van der Waals surface area contributed by atoms with Crippen LogP contribution >= 0.6 is 0 Å². The molecule has 1 aliphatic heterocycles. The molecule has 0 saturated heterocycles. The summed E-state index contributed by atoms with van der Waals surface area (Å²) in [6.07, 6.45) is -0.372. The van der Waals surface area contributed by atoms with E-state index in [4.69, 9.17) is 14.8 Å². The van der Waals surface area contributed by atoms with Crippen LogP contribution in [-0.4, -0.2) is 45.5 Å². The quantitative estimate of drug-likeness (QED) is 0.348. The molecule has 192 valence electrons. The van der Waals surface area contributed by atoms with Crippen molar-refractivity contribution in [3.63, 3.8) is 0 Å². The van der Waals surface area contributed by atoms with E-state index in [0.717, 1.165) is 24.3 Å². The third kappa shape index (κ3) is 5.40. The number of pyridine rings is 1. The summed E-state index contributed by atoms with van der Waals surface area (Å²) in [6, 6.07) is 23.4. The first-order valence-electron chi connectivity index (χ1n) is 12.4. The van der Waals surface area contributed by atoms with E-state index in [2.05, 4.69) is 22.3 Å². The molecule has 0 saturated carbocycles. The molecule has 8 heteroatoms. The standard InChI is InChI=1S/C30H27N3O5/c1-19(28(34)31-22-13-11-21(12-14-22)29(35)36)38-30(37)27-23-9-5-6-10-25(23)32-26-15-16-33(18-24(26)27)17-20-7-3-2-4-8-20/h2-14,19H,15-18H2,1H3,(H,31,34)(H,35,36). The number of ether oxygens (including phenoxy) is 1. The zero-order valence-electron chi connectivity index (χ0n) is 20.9. The molecule has 2 heterocycles. The topological polar surface area (TPSA) is 109 Å². The summed E-state index contributed by atoms with van der Waals surface area (Å²) in [4.78, 5) is 44.5. The lowest BCUT2D eigenvalue weighted by Gasteiger charge is -2.30. The SMILES string of the molecule is CC(OC(=O)c1c2c(nc3ccccc13)CCN(Cc1ccccc1)C2)C(=O)Nc1ccc(C(=O)O)cc1. The zero-order chi connectivity index (χ0) is 26.6. The maximum absolute atomic E-state index is 13.6. The molecule has 1 aliphatic rings. The van der Waals surface area contributed by atoms with Crippen molar-refractivity contribution in [3.8, 4) is 0 Å². The molecule has 2 N–H and O–H groups in total. The Balaban J connectivity index is 1.37. The molecule has 8 nitrogen and oxygen atoms in total. The number of fused-ring (bicyclic) bond motifs is 2. The second-order valence-electron chi connectivity index (χ2n) is 9.29. The van der Waals surface area contributed by atoms with Gasteiger partial charge < -0.3 is 15.2 Å². The molecule has 4 aromatic rings. The highest BCUT2D eigenvalue weighted by atomic mass is 16.5. The Morgan fingerprint density at radius 2 is 1.71 bits per heavy atom. The Hall–Kier alpha value is -4.56. The number of hydrogen-bond donors (Lipinski definition) is 2. The molecule has 0 fully saturated rings.